The van der Waals surface area contributed by atoms with Crippen LogP contribution < -0.4 is 20.8 Å². The number of carbonyl (C=O) groups is 1. The molecule has 2 N–H and O–H groups in total. The summed E-state index contributed by atoms with van der Waals surface area (Å²) < 4.78 is 22.8. The Morgan fingerprint density at radius 3 is 2.60 bits per heavy atom. The first-order valence-electron chi connectivity index (χ1n) is 9.62. The number of ether oxygens (including phenoxy) is 1. The fourth-order valence-corrected chi connectivity index (χ4v) is 3.94. The molecular formula is C23H18FN3O3. The van der Waals surface area contributed by atoms with Gasteiger partial charge in [-0.05, 0) is 35.9 Å². The number of aromatic nitrogens is 1. The second-order valence-corrected chi connectivity index (χ2v) is 7.08. The summed E-state index contributed by atoms with van der Waals surface area (Å²) in [6, 6.07) is 12.8. The van der Waals surface area contributed by atoms with Crippen molar-refractivity contribution >= 4 is 33.3 Å². The van der Waals surface area contributed by atoms with Crippen molar-refractivity contribution in [2.24, 2.45) is 0 Å². The average molecular weight is 403 g/mol. The largest absolute Gasteiger partial charge is 0.451 e. The number of amides is 1. The van der Waals surface area contributed by atoms with Crippen LogP contribution in [0.5, 0.6) is 11.5 Å². The molecule has 1 aromatic heterocycles. The maximum atomic E-state index is 14.9. The average Bonchev–Trinajstić information content (AvgIpc) is 2.76. The number of anilines is 1. The summed E-state index contributed by atoms with van der Waals surface area (Å²) in [5.74, 6) is -0.396. The third kappa shape index (κ3) is 2.48. The number of nitrogens with one attached hydrogen (secondary N) is 2. The van der Waals surface area contributed by atoms with Crippen LogP contribution in [0.1, 0.15) is 17.3 Å². The number of halogens is 1. The molecule has 5 rings (SSSR count). The van der Waals surface area contributed by atoms with E-state index < -0.39 is 17.2 Å². The number of nitrogens with zero attached hydrogens (tertiary/aromatic N) is 1. The van der Waals surface area contributed by atoms with E-state index in [0.717, 1.165) is 16.8 Å². The van der Waals surface area contributed by atoms with E-state index in [1.54, 1.807) is 4.57 Å². The van der Waals surface area contributed by atoms with Gasteiger partial charge in [-0.2, -0.15) is 0 Å². The van der Waals surface area contributed by atoms with E-state index in [2.05, 4.69) is 10.6 Å². The molecule has 3 aromatic carbocycles. The summed E-state index contributed by atoms with van der Waals surface area (Å²) in [5, 5.41) is 7.50. The Bertz CT molecular complexity index is 1430. The molecule has 6 nitrogen and oxygen atoms in total. The van der Waals surface area contributed by atoms with Crippen molar-refractivity contribution in [2.45, 2.75) is 6.92 Å². The second kappa shape index (κ2) is 6.59. The molecule has 0 radical (unpaired) electrons. The minimum atomic E-state index is -0.610. The topological polar surface area (TPSA) is 72.4 Å². The van der Waals surface area contributed by atoms with Crippen molar-refractivity contribution in [3.05, 3.63) is 70.3 Å². The van der Waals surface area contributed by atoms with Gasteiger partial charge in [0.25, 0.3) is 5.91 Å². The molecule has 0 saturated heterocycles. The number of carbonyl (C=O) groups excluding carboxylic acids is 1. The first-order chi connectivity index (χ1) is 14.5. The smallest absolute Gasteiger partial charge is 0.256 e. The zero-order valence-corrected chi connectivity index (χ0v) is 16.4. The highest BCUT2D eigenvalue weighted by Crippen LogP contribution is 2.46. The number of rotatable bonds is 3. The molecule has 30 heavy (non-hydrogen) atoms. The highest BCUT2D eigenvalue weighted by molar-refractivity contribution is 6.01. The van der Waals surface area contributed by atoms with Gasteiger partial charge < -0.3 is 19.9 Å². The van der Waals surface area contributed by atoms with Gasteiger partial charge >= 0.3 is 0 Å². The molecule has 1 amide bonds. The van der Waals surface area contributed by atoms with Gasteiger partial charge in [0, 0.05) is 19.8 Å². The van der Waals surface area contributed by atoms with Crippen LogP contribution in [0.2, 0.25) is 0 Å². The van der Waals surface area contributed by atoms with Crippen molar-refractivity contribution in [3.8, 4) is 17.2 Å². The van der Waals surface area contributed by atoms with Gasteiger partial charge in [-0.3, -0.25) is 9.59 Å². The van der Waals surface area contributed by atoms with Crippen LogP contribution in [0.25, 0.3) is 27.4 Å². The third-order valence-electron chi connectivity index (χ3n) is 5.32. The van der Waals surface area contributed by atoms with Crippen LogP contribution in [-0.4, -0.2) is 24.1 Å². The monoisotopic (exact) mass is 403 g/mol. The number of benzene rings is 3. The Kier molecular flexibility index (Phi) is 3.99. The lowest BCUT2D eigenvalue weighted by Crippen LogP contribution is -2.27. The predicted octanol–water partition coefficient (Wildman–Crippen LogP) is 4.18. The second-order valence-electron chi connectivity index (χ2n) is 7.08. The lowest BCUT2D eigenvalue weighted by Gasteiger charge is -2.26. The molecule has 4 aromatic rings. The van der Waals surface area contributed by atoms with E-state index in [-0.39, 0.29) is 22.4 Å². The van der Waals surface area contributed by atoms with E-state index >= 15 is 0 Å². The molecule has 2 heterocycles. The highest BCUT2D eigenvalue weighted by Gasteiger charge is 2.28. The van der Waals surface area contributed by atoms with Crippen LogP contribution in [0, 0.1) is 5.82 Å². The molecule has 0 unspecified atom stereocenters. The van der Waals surface area contributed by atoms with Crippen LogP contribution >= 0.6 is 0 Å². The van der Waals surface area contributed by atoms with Gasteiger partial charge in [-0.1, -0.05) is 24.3 Å². The Morgan fingerprint density at radius 1 is 1.17 bits per heavy atom. The van der Waals surface area contributed by atoms with Crippen molar-refractivity contribution < 1.29 is 13.9 Å². The summed E-state index contributed by atoms with van der Waals surface area (Å²) >= 11 is 0. The van der Waals surface area contributed by atoms with Crippen LogP contribution in [0.4, 0.5) is 10.1 Å². The fraction of sp³-hybridized carbons (Fsp3) is 0.130. The van der Waals surface area contributed by atoms with Crippen LogP contribution in [0.15, 0.2) is 53.5 Å². The normalized spacial score (nSPS) is 11.8. The van der Waals surface area contributed by atoms with E-state index in [4.69, 9.17) is 4.74 Å². The van der Waals surface area contributed by atoms with E-state index in [1.165, 1.54) is 13.2 Å². The number of fused-ring (bicyclic) bond motifs is 3. The van der Waals surface area contributed by atoms with E-state index in [1.807, 2.05) is 43.3 Å². The maximum Gasteiger partial charge on any atom is 0.256 e. The lowest BCUT2D eigenvalue weighted by molar-refractivity contribution is 0.0961. The quantitative estimate of drug-likeness (QED) is 0.474. The zero-order valence-electron chi connectivity index (χ0n) is 16.4. The number of pyridine rings is 1. The first kappa shape index (κ1) is 18.2. The molecule has 150 valence electrons. The van der Waals surface area contributed by atoms with Gasteiger partial charge in [-0.15, -0.1) is 0 Å². The molecular weight excluding hydrogens is 385 g/mol. The minimum Gasteiger partial charge on any atom is -0.451 e. The van der Waals surface area contributed by atoms with Gasteiger partial charge in [0.2, 0.25) is 5.43 Å². The molecule has 7 heteroatoms. The molecule has 0 fully saturated rings. The number of hydrogen-bond donors (Lipinski definition) is 2. The fourth-order valence-electron chi connectivity index (χ4n) is 3.94. The summed E-state index contributed by atoms with van der Waals surface area (Å²) in [6.07, 6.45) is 1.50. The Hall–Kier alpha value is -3.87. The molecule has 1 aliphatic heterocycles. The van der Waals surface area contributed by atoms with Gasteiger partial charge in [0.15, 0.2) is 17.3 Å². The molecule has 0 bridgehead atoms. The van der Waals surface area contributed by atoms with Crippen molar-refractivity contribution in [1.29, 1.82) is 0 Å². The summed E-state index contributed by atoms with van der Waals surface area (Å²) in [4.78, 5) is 25.4. The van der Waals surface area contributed by atoms with Crippen LogP contribution in [0.3, 0.4) is 0 Å². The lowest BCUT2D eigenvalue weighted by atomic mass is 10.0. The SMILES string of the molecule is CCNc1c(F)cc2c(=O)c(C(=O)NC)cn3c2c1Oc1cc2ccccc2cc1-3. The Morgan fingerprint density at radius 2 is 1.90 bits per heavy atom. The van der Waals surface area contributed by atoms with Crippen molar-refractivity contribution in [2.75, 3.05) is 18.9 Å². The minimum absolute atomic E-state index is 0.0624. The van der Waals surface area contributed by atoms with Gasteiger partial charge in [0.05, 0.1) is 11.1 Å². The zero-order chi connectivity index (χ0) is 21.0. The van der Waals surface area contributed by atoms with Crippen molar-refractivity contribution in [3.63, 3.8) is 0 Å². The van der Waals surface area contributed by atoms with E-state index in [0.29, 0.717) is 23.5 Å². The van der Waals surface area contributed by atoms with Gasteiger partial charge in [-0.25, -0.2) is 4.39 Å². The number of hydrogen-bond acceptors (Lipinski definition) is 4. The molecule has 0 aliphatic carbocycles. The standard InChI is InChI=1S/C23H18FN3O3/c1-3-26-19-16(24)10-14-20-22(19)30-18-9-13-7-5-4-6-12(13)8-17(18)27(20)11-15(21(14)28)23(29)25-2/h4-11,26H,3H2,1-2H3,(H,25,29). The third-order valence-corrected chi connectivity index (χ3v) is 5.32. The predicted molar refractivity (Wildman–Crippen MR) is 115 cm³/mol. The van der Waals surface area contributed by atoms with Crippen molar-refractivity contribution in [1.82, 2.24) is 9.88 Å². The molecule has 0 atom stereocenters. The summed E-state index contributed by atoms with van der Waals surface area (Å²) in [6.45, 7) is 2.33. The van der Waals surface area contributed by atoms with Crippen LogP contribution in [-0.2, 0) is 0 Å². The highest BCUT2D eigenvalue weighted by atomic mass is 19.1. The molecule has 1 aliphatic rings. The molecule has 0 saturated carbocycles. The first-order valence-corrected chi connectivity index (χ1v) is 9.62. The Labute approximate surface area is 170 Å². The maximum absolute atomic E-state index is 14.9. The van der Waals surface area contributed by atoms with E-state index in [9.17, 15) is 14.0 Å². The van der Waals surface area contributed by atoms with Gasteiger partial charge in [0.1, 0.15) is 16.8 Å². The molecule has 0 spiro atoms. The summed E-state index contributed by atoms with van der Waals surface area (Å²) in [7, 11) is 1.45. The Balaban J connectivity index is 1.96. The summed E-state index contributed by atoms with van der Waals surface area (Å²) in [5.41, 5.74) is 0.673.